The Bertz CT molecular complexity index is 1280. The first-order valence-electron chi connectivity index (χ1n) is 12.5. The van der Waals surface area contributed by atoms with Crippen LogP contribution in [0.25, 0.3) is 21.8 Å². The van der Waals surface area contributed by atoms with Crippen LogP contribution in [0.15, 0.2) is 30.3 Å². The van der Waals surface area contributed by atoms with Crippen LogP contribution in [0.5, 0.6) is 0 Å². The molecule has 0 bridgehead atoms. The summed E-state index contributed by atoms with van der Waals surface area (Å²) in [5.41, 5.74) is 1.55. The topological polar surface area (TPSA) is 76.7 Å². The second kappa shape index (κ2) is 7.97. The molecule has 3 aromatic rings. The second-order valence-electron chi connectivity index (χ2n) is 12.0. The number of carbonyl (C=O) groups excluding carboxylic acids is 1. The first kappa shape index (κ1) is 24.1. The van der Waals surface area contributed by atoms with E-state index >= 15 is 0 Å². The van der Waals surface area contributed by atoms with Crippen LogP contribution in [0.4, 0.5) is 4.79 Å². The number of fused-ring (bicyclic) bond motifs is 3. The van der Waals surface area contributed by atoms with Gasteiger partial charge in [-0.3, -0.25) is 4.90 Å². The zero-order valence-corrected chi connectivity index (χ0v) is 22.1. The van der Waals surface area contributed by atoms with Gasteiger partial charge < -0.3 is 19.0 Å². The van der Waals surface area contributed by atoms with Gasteiger partial charge in [-0.05, 0) is 85.1 Å². The fourth-order valence-electron chi connectivity index (χ4n) is 5.00. The quantitative estimate of drug-likeness (QED) is 0.495. The summed E-state index contributed by atoms with van der Waals surface area (Å²) in [6.45, 7) is 16.0. The number of hydrogen-bond acceptors (Lipinski definition) is 5. The summed E-state index contributed by atoms with van der Waals surface area (Å²) in [4.78, 5) is 23.3. The lowest BCUT2D eigenvalue weighted by molar-refractivity contribution is 0.00578. The van der Waals surface area contributed by atoms with Gasteiger partial charge in [0.2, 0.25) is 0 Å². The summed E-state index contributed by atoms with van der Waals surface area (Å²) in [5, 5.41) is 2.13. The summed E-state index contributed by atoms with van der Waals surface area (Å²) >= 11 is 0. The average molecular weight is 477 g/mol. The van der Waals surface area contributed by atoms with Crippen molar-refractivity contribution in [1.29, 1.82) is 0 Å². The minimum Gasteiger partial charge on any atom is -0.444 e. The Morgan fingerprint density at radius 1 is 1.11 bits per heavy atom. The number of imidazole rings is 1. The summed E-state index contributed by atoms with van der Waals surface area (Å²) in [7, 11) is -0.405. The average Bonchev–Trinajstić information content (AvgIpc) is 3.39. The van der Waals surface area contributed by atoms with Crippen LogP contribution in [0.1, 0.15) is 80.1 Å². The highest BCUT2D eigenvalue weighted by Gasteiger charge is 2.51. The summed E-state index contributed by atoms with van der Waals surface area (Å²) in [6, 6.07) is 10.4. The Kier molecular flexibility index (Phi) is 5.49. The molecule has 1 aromatic heterocycles. The number of aromatic nitrogens is 2. The van der Waals surface area contributed by atoms with Crippen molar-refractivity contribution < 1.29 is 18.8 Å². The van der Waals surface area contributed by atoms with Crippen LogP contribution in [0.3, 0.4) is 0 Å². The molecular formula is C27H36BN3O4. The molecule has 2 aromatic carbocycles. The van der Waals surface area contributed by atoms with E-state index in [4.69, 9.17) is 19.0 Å². The van der Waals surface area contributed by atoms with Gasteiger partial charge in [0.1, 0.15) is 11.4 Å². The van der Waals surface area contributed by atoms with E-state index in [-0.39, 0.29) is 29.4 Å². The largest absolute Gasteiger partial charge is 0.494 e. The number of nitrogens with zero attached hydrogens (tertiary/aromatic N) is 2. The molecule has 3 heterocycles. The molecule has 2 fully saturated rings. The van der Waals surface area contributed by atoms with Crippen molar-refractivity contribution in [2.24, 2.45) is 0 Å². The molecule has 35 heavy (non-hydrogen) atoms. The third-order valence-electron chi connectivity index (χ3n) is 7.62. The second-order valence-corrected chi connectivity index (χ2v) is 12.0. The molecule has 0 aliphatic carbocycles. The molecule has 186 valence electrons. The molecule has 2 aliphatic heterocycles. The van der Waals surface area contributed by atoms with Crippen molar-refractivity contribution in [2.45, 2.75) is 97.1 Å². The fraction of sp³-hybridized carbons (Fsp3) is 0.556. The van der Waals surface area contributed by atoms with Gasteiger partial charge in [0.15, 0.2) is 0 Å². The van der Waals surface area contributed by atoms with Gasteiger partial charge in [0, 0.05) is 11.4 Å². The van der Waals surface area contributed by atoms with Crippen molar-refractivity contribution in [3.63, 3.8) is 0 Å². The maximum absolute atomic E-state index is 13.0. The van der Waals surface area contributed by atoms with Gasteiger partial charge in [-0.15, -0.1) is 0 Å². The number of nitrogens with one attached hydrogen (secondary N) is 1. The maximum atomic E-state index is 13.0. The monoisotopic (exact) mass is 477 g/mol. The van der Waals surface area contributed by atoms with E-state index in [9.17, 15) is 4.79 Å². The van der Waals surface area contributed by atoms with Crippen molar-refractivity contribution >= 4 is 40.5 Å². The number of aromatic amines is 1. The Balaban J connectivity index is 1.47. The number of carbonyl (C=O) groups is 1. The van der Waals surface area contributed by atoms with Gasteiger partial charge in [-0.2, -0.15) is 0 Å². The maximum Gasteiger partial charge on any atom is 0.494 e. The number of benzene rings is 2. The van der Waals surface area contributed by atoms with Gasteiger partial charge >= 0.3 is 13.2 Å². The van der Waals surface area contributed by atoms with Crippen molar-refractivity contribution in [3.05, 3.63) is 36.2 Å². The highest BCUT2D eigenvalue weighted by Crippen LogP contribution is 2.38. The number of hydrogen-bond donors (Lipinski definition) is 1. The molecule has 8 heteroatoms. The minimum atomic E-state index is -0.539. The third kappa shape index (κ3) is 4.21. The normalized spacial score (nSPS) is 24.0. The highest BCUT2D eigenvalue weighted by atomic mass is 16.7. The number of rotatable bonds is 2. The zero-order chi connectivity index (χ0) is 25.3. The van der Waals surface area contributed by atoms with Crippen LogP contribution in [0, 0.1) is 0 Å². The van der Waals surface area contributed by atoms with Gasteiger partial charge in [0.25, 0.3) is 0 Å². The molecular weight excluding hydrogens is 441 g/mol. The molecule has 0 spiro atoms. The zero-order valence-electron chi connectivity index (χ0n) is 22.1. The van der Waals surface area contributed by atoms with Crippen LogP contribution in [0.2, 0.25) is 0 Å². The van der Waals surface area contributed by atoms with Crippen LogP contribution in [-0.2, 0) is 14.0 Å². The summed E-state index contributed by atoms with van der Waals surface area (Å²) < 4.78 is 18.2. The van der Waals surface area contributed by atoms with Crippen LogP contribution < -0.4 is 5.46 Å². The first-order valence-corrected chi connectivity index (χ1v) is 12.5. The molecule has 2 atom stereocenters. The van der Waals surface area contributed by atoms with E-state index in [0.717, 1.165) is 45.9 Å². The van der Waals surface area contributed by atoms with Crippen LogP contribution >= 0.6 is 0 Å². The number of amides is 1. The van der Waals surface area contributed by atoms with E-state index in [1.54, 1.807) is 0 Å². The van der Waals surface area contributed by atoms with Crippen molar-refractivity contribution in [2.75, 3.05) is 0 Å². The molecule has 2 aliphatic rings. The molecule has 1 N–H and O–H groups in total. The Labute approximate surface area is 207 Å². The number of ether oxygens (including phenoxy) is 1. The molecule has 5 rings (SSSR count). The van der Waals surface area contributed by atoms with Crippen molar-refractivity contribution in [1.82, 2.24) is 14.9 Å². The molecule has 7 nitrogen and oxygen atoms in total. The molecule has 1 amide bonds. The van der Waals surface area contributed by atoms with E-state index in [0.29, 0.717) is 0 Å². The summed E-state index contributed by atoms with van der Waals surface area (Å²) in [5.74, 6) is 0.803. The minimum absolute atomic E-state index is 0.0993. The first-order chi connectivity index (χ1) is 16.3. The molecule has 0 radical (unpaired) electrons. The fourth-order valence-corrected chi connectivity index (χ4v) is 5.00. The highest BCUT2D eigenvalue weighted by molar-refractivity contribution is 6.62. The summed E-state index contributed by atoms with van der Waals surface area (Å²) in [6.07, 6.45) is 1.48. The van der Waals surface area contributed by atoms with E-state index in [1.807, 2.05) is 25.7 Å². The standard InChI is InChI=1S/C27H36BN3O4/c1-16-9-14-21(31(16)24(32)33-25(2,3)4)23-29-20-13-10-17-15-18(11-12-19(17)22(20)30-23)28-34-26(5,6)27(7,8)35-28/h10-13,15-16,21H,9,14H2,1-8H3,(H,29,30). The Morgan fingerprint density at radius 2 is 1.80 bits per heavy atom. The predicted octanol–water partition coefficient (Wildman–Crippen LogP) is 5.48. The molecule has 2 unspecified atom stereocenters. The lowest BCUT2D eigenvalue weighted by Crippen LogP contribution is -2.41. The lowest BCUT2D eigenvalue weighted by atomic mass is 9.78. The van der Waals surface area contributed by atoms with Crippen molar-refractivity contribution in [3.8, 4) is 0 Å². The predicted molar refractivity (Wildman–Crippen MR) is 139 cm³/mol. The molecule has 2 saturated heterocycles. The van der Waals surface area contributed by atoms with E-state index in [2.05, 4.69) is 69.9 Å². The Hall–Kier alpha value is -2.58. The van der Waals surface area contributed by atoms with Gasteiger partial charge in [-0.1, -0.05) is 24.3 Å². The van der Waals surface area contributed by atoms with Gasteiger partial charge in [-0.25, -0.2) is 9.78 Å². The smallest absolute Gasteiger partial charge is 0.444 e. The van der Waals surface area contributed by atoms with Crippen LogP contribution in [-0.4, -0.2) is 50.9 Å². The van der Waals surface area contributed by atoms with Gasteiger partial charge in [0.05, 0.1) is 28.3 Å². The van der Waals surface area contributed by atoms with E-state index < -0.39 is 12.7 Å². The SMILES string of the molecule is CC1CCC(c2nc3c(ccc4cc(B5OC(C)(C)C(C)(C)O5)ccc43)[nH]2)N1C(=O)OC(C)(C)C. The third-order valence-corrected chi connectivity index (χ3v) is 7.62. The number of likely N-dealkylation sites (tertiary alicyclic amines) is 1. The number of H-pyrrole nitrogens is 1. The lowest BCUT2D eigenvalue weighted by Gasteiger charge is -2.32. The Morgan fingerprint density at radius 3 is 2.46 bits per heavy atom. The van der Waals surface area contributed by atoms with E-state index in [1.165, 1.54) is 0 Å². The molecule has 0 saturated carbocycles.